The lowest BCUT2D eigenvalue weighted by Crippen LogP contribution is -2.26. The number of hydrogen-bond donors (Lipinski definition) is 2. The molecule has 0 amide bonds. The molecule has 3 heterocycles. The first-order valence-corrected chi connectivity index (χ1v) is 10.6. The minimum atomic E-state index is 0.589. The molecule has 2 aliphatic carbocycles. The molecule has 2 saturated carbocycles. The molecule has 4 aliphatic rings. The van der Waals surface area contributed by atoms with E-state index in [4.69, 9.17) is 22.1 Å². The van der Waals surface area contributed by atoms with Crippen LogP contribution >= 0.6 is 11.6 Å². The van der Waals surface area contributed by atoms with Gasteiger partial charge in [-0.25, -0.2) is 4.98 Å². The summed E-state index contributed by atoms with van der Waals surface area (Å²) in [4.78, 5) is 10.9. The van der Waals surface area contributed by atoms with Crippen LogP contribution in [0.3, 0.4) is 0 Å². The van der Waals surface area contributed by atoms with Gasteiger partial charge in [0.05, 0.1) is 22.9 Å². The molecule has 3 N–H and O–H groups in total. The van der Waals surface area contributed by atoms with Crippen molar-refractivity contribution in [1.29, 1.82) is 0 Å². The number of nitrogens with two attached hydrogens (primary N) is 1. The van der Waals surface area contributed by atoms with Crippen LogP contribution in [0.5, 0.6) is 5.75 Å². The zero-order valence-electron chi connectivity index (χ0n) is 15.4. The predicted molar refractivity (Wildman–Crippen MR) is 106 cm³/mol. The molecule has 1 aromatic carbocycles. The smallest absolute Gasteiger partial charge is 0.141 e. The lowest BCUT2D eigenvalue weighted by atomic mass is 10.00. The van der Waals surface area contributed by atoms with E-state index in [-0.39, 0.29) is 0 Å². The number of benzene rings is 1. The highest BCUT2D eigenvalue weighted by molar-refractivity contribution is 6.33. The van der Waals surface area contributed by atoms with Crippen LogP contribution in [0.1, 0.15) is 36.4 Å². The largest absolute Gasteiger partial charge is 0.492 e. The van der Waals surface area contributed by atoms with E-state index in [1.54, 1.807) is 0 Å². The van der Waals surface area contributed by atoms with Gasteiger partial charge in [-0.2, -0.15) is 0 Å². The standard InChI is InChI=1S/C21H25ClN4O/c22-16-6-13(20-12(19(16)23)2-1-5-27-20)21-24-7-17(25-21)18-14-9-26(10-15(14)18)8-11-3-4-11/h6-7,11,14-15,18H,1-5,8-10,23H2,(H,24,25). The van der Waals surface area contributed by atoms with Gasteiger partial charge in [0.25, 0.3) is 0 Å². The van der Waals surface area contributed by atoms with E-state index in [2.05, 4.69) is 14.9 Å². The van der Waals surface area contributed by atoms with Crippen molar-refractivity contribution in [2.75, 3.05) is 32.0 Å². The van der Waals surface area contributed by atoms with Gasteiger partial charge < -0.3 is 20.4 Å². The topological polar surface area (TPSA) is 67.2 Å². The van der Waals surface area contributed by atoms with Gasteiger partial charge in [-0.15, -0.1) is 0 Å². The summed E-state index contributed by atoms with van der Waals surface area (Å²) in [7, 11) is 0. The summed E-state index contributed by atoms with van der Waals surface area (Å²) in [6.07, 6.45) is 6.78. The Bertz CT molecular complexity index is 894. The van der Waals surface area contributed by atoms with Crippen molar-refractivity contribution in [3.05, 3.63) is 28.5 Å². The lowest BCUT2D eigenvalue weighted by Gasteiger charge is -2.22. The molecule has 2 aliphatic heterocycles. The highest BCUT2D eigenvalue weighted by atomic mass is 35.5. The molecule has 2 atom stereocenters. The van der Waals surface area contributed by atoms with Gasteiger partial charge in [0.2, 0.25) is 0 Å². The van der Waals surface area contributed by atoms with Crippen molar-refractivity contribution in [3.8, 4) is 17.1 Å². The summed E-state index contributed by atoms with van der Waals surface area (Å²) in [6, 6.07) is 1.90. The van der Waals surface area contributed by atoms with Crippen LogP contribution in [-0.2, 0) is 6.42 Å². The summed E-state index contributed by atoms with van der Waals surface area (Å²) in [5.41, 5.74) is 10.1. The van der Waals surface area contributed by atoms with Crippen LogP contribution in [0, 0.1) is 17.8 Å². The van der Waals surface area contributed by atoms with Crippen molar-refractivity contribution in [2.24, 2.45) is 17.8 Å². The molecular formula is C21H25ClN4O. The molecule has 2 aromatic rings. The number of imidazole rings is 1. The Hall–Kier alpha value is -1.72. The number of piperidine rings is 1. The van der Waals surface area contributed by atoms with E-state index in [1.807, 2.05) is 12.3 Å². The zero-order chi connectivity index (χ0) is 18.1. The second kappa shape index (κ2) is 5.89. The average Bonchev–Trinajstić information content (AvgIpc) is 3.50. The molecule has 0 radical (unpaired) electrons. The Morgan fingerprint density at radius 3 is 2.89 bits per heavy atom. The fraction of sp³-hybridized carbons (Fsp3) is 0.571. The van der Waals surface area contributed by atoms with E-state index < -0.39 is 0 Å². The monoisotopic (exact) mass is 384 g/mol. The molecular weight excluding hydrogens is 360 g/mol. The maximum atomic E-state index is 6.40. The average molecular weight is 385 g/mol. The van der Waals surface area contributed by atoms with E-state index in [0.717, 1.165) is 59.9 Å². The number of hydrogen-bond acceptors (Lipinski definition) is 4. The van der Waals surface area contributed by atoms with Crippen LogP contribution in [0.15, 0.2) is 12.3 Å². The number of H-pyrrole nitrogens is 1. The van der Waals surface area contributed by atoms with E-state index in [1.165, 1.54) is 38.2 Å². The first-order valence-electron chi connectivity index (χ1n) is 10.2. The summed E-state index contributed by atoms with van der Waals surface area (Å²) in [5, 5.41) is 0.589. The number of halogens is 1. The summed E-state index contributed by atoms with van der Waals surface area (Å²) >= 11 is 6.40. The van der Waals surface area contributed by atoms with Crippen molar-refractivity contribution in [2.45, 2.75) is 31.6 Å². The van der Waals surface area contributed by atoms with Gasteiger partial charge in [0, 0.05) is 43.0 Å². The van der Waals surface area contributed by atoms with Crippen molar-refractivity contribution < 1.29 is 4.74 Å². The predicted octanol–water partition coefficient (Wildman–Crippen LogP) is 3.69. The van der Waals surface area contributed by atoms with E-state index in [9.17, 15) is 0 Å². The molecule has 1 aromatic heterocycles. The summed E-state index contributed by atoms with van der Waals surface area (Å²) in [5.74, 6) is 4.94. The van der Waals surface area contributed by atoms with E-state index >= 15 is 0 Å². The third-order valence-corrected chi connectivity index (χ3v) is 7.20. The first kappa shape index (κ1) is 16.3. The van der Waals surface area contributed by atoms with Gasteiger partial charge >= 0.3 is 0 Å². The molecule has 1 saturated heterocycles. The minimum Gasteiger partial charge on any atom is -0.492 e. The van der Waals surface area contributed by atoms with Crippen molar-refractivity contribution in [3.63, 3.8) is 0 Å². The number of rotatable bonds is 4. The fourth-order valence-corrected chi connectivity index (χ4v) is 5.47. The maximum absolute atomic E-state index is 6.40. The molecule has 0 bridgehead atoms. The third-order valence-electron chi connectivity index (χ3n) is 6.88. The van der Waals surface area contributed by atoms with Gasteiger partial charge in [-0.05, 0) is 49.5 Å². The van der Waals surface area contributed by atoms with Crippen molar-refractivity contribution >= 4 is 17.3 Å². The highest BCUT2D eigenvalue weighted by Gasteiger charge is 2.57. The molecule has 2 unspecified atom stereocenters. The number of fused-ring (bicyclic) bond motifs is 2. The van der Waals surface area contributed by atoms with Crippen LogP contribution in [0.2, 0.25) is 5.02 Å². The van der Waals surface area contributed by atoms with Gasteiger partial charge in [-0.3, -0.25) is 0 Å². The Labute approximate surface area is 164 Å². The van der Waals surface area contributed by atoms with Crippen molar-refractivity contribution in [1.82, 2.24) is 14.9 Å². The van der Waals surface area contributed by atoms with Gasteiger partial charge in [0.1, 0.15) is 11.6 Å². The number of aromatic amines is 1. The van der Waals surface area contributed by atoms with Crippen LogP contribution in [0.25, 0.3) is 11.4 Å². The molecule has 6 heteroatoms. The molecule has 0 spiro atoms. The Morgan fingerprint density at radius 2 is 2.11 bits per heavy atom. The number of anilines is 1. The normalized spacial score (nSPS) is 29.3. The molecule has 27 heavy (non-hydrogen) atoms. The molecule has 142 valence electrons. The quantitative estimate of drug-likeness (QED) is 0.789. The number of nitrogens with one attached hydrogen (secondary N) is 1. The first-order chi connectivity index (χ1) is 13.2. The van der Waals surface area contributed by atoms with Crippen LogP contribution < -0.4 is 10.5 Å². The minimum absolute atomic E-state index is 0.589. The maximum Gasteiger partial charge on any atom is 0.141 e. The Morgan fingerprint density at radius 1 is 1.30 bits per heavy atom. The molecule has 3 fully saturated rings. The molecule has 6 rings (SSSR count). The van der Waals surface area contributed by atoms with Gasteiger partial charge in [0.15, 0.2) is 0 Å². The number of ether oxygens (including phenoxy) is 1. The lowest BCUT2D eigenvalue weighted by molar-refractivity contribution is 0.285. The Balaban J connectivity index is 1.25. The second-order valence-electron chi connectivity index (χ2n) is 8.78. The fourth-order valence-electron chi connectivity index (χ4n) is 5.24. The van der Waals surface area contributed by atoms with E-state index in [0.29, 0.717) is 16.6 Å². The number of likely N-dealkylation sites (tertiary alicyclic amines) is 1. The van der Waals surface area contributed by atoms with Crippen LogP contribution in [0.4, 0.5) is 5.69 Å². The Kier molecular flexibility index (Phi) is 3.54. The number of aromatic nitrogens is 2. The summed E-state index contributed by atoms with van der Waals surface area (Å²) < 4.78 is 5.96. The highest BCUT2D eigenvalue weighted by Crippen LogP contribution is 2.58. The molecule has 5 nitrogen and oxygen atoms in total. The van der Waals surface area contributed by atoms with Crippen LogP contribution in [-0.4, -0.2) is 41.1 Å². The number of nitrogen functional groups attached to an aromatic ring is 1. The summed E-state index contributed by atoms with van der Waals surface area (Å²) in [6.45, 7) is 4.55. The van der Waals surface area contributed by atoms with Gasteiger partial charge in [-0.1, -0.05) is 11.6 Å². The SMILES string of the molecule is Nc1c(Cl)cc(-c2ncc(C3C4CN(CC5CC5)CC43)[nH]2)c2c1CCCO2. The third kappa shape index (κ3) is 2.66. The second-order valence-corrected chi connectivity index (χ2v) is 9.19. The number of nitrogens with zero attached hydrogens (tertiary/aromatic N) is 2. The zero-order valence-corrected chi connectivity index (χ0v) is 16.1.